The smallest absolute Gasteiger partial charge is 0.144 e. The van der Waals surface area contributed by atoms with Gasteiger partial charge in [-0.15, -0.1) is 0 Å². The van der Waals surface area contributed by atoms with Crippen LogP contribution in [0.5, 0.6) is 0 Å². The summed E-state index contributed by atoms with van der Waals surface area (Å²) < 4.78 is 13.4. The van der Waals surface area contributed by atoms with Gasteiger partial charge in [0.2, 0.25) is 0 Å². The van der Waals surface area contributed by atoms with Gasteiger partial charge in [-0.3, -0.25) is 4.57 Å². The Hall–Kier alpha value is -8.41. The summed E-state index contributed by atoms with van der Waals surface area (Å²) in [6.07, 6.45) is 3.95. The third-order valence-corrected chi connectivity index (χ3v) is 13.1. The number of para-hydroxylation sites is 3. The Bertz CT molecular complexity index is 3910. The van der Waals surface area contributed by atoms with E-state index in [1.54, 1.807) is 0 Å². The fourth-order valence-electron chi connectivity index (χ4n) is 10.3. The highest BCUT2D eigenvalue weighted by atomic mass is 16.3. The van der Waals surface area contributed by atoms with E-state index in [-0.39, 0.29) is 0 Å². The molecule has 0 amide bonds. The van der Waals surface area contributed by atoms with E-state index < -0.39 is 0 Å². The number of nitrogens with zero attached hydrogens (tertiary/aromatic N) is 4. The summed E-state index contributed by atoms with van der Waals surface area (Å²) in [5, 5.41) is 7.15. The first-order valence-electron chi connectivity index (χ1n) is 21.9. The van der Waals surface area contributed by atoms with Crippen molar-refractivity contribution >= 4 is 65.6 Å². The van der Waals surface area contributed by atoms with E-state index in [0.717, 1.165) is 50.3 Å². The second-order valence-corrected chi connectivity index (χ2v) is 16.9. The fourth-order valence-corrected chi connectivity index (χ4v) is 10.3. The molecule has 0 N–H and O–H groups in total. The number of aromatic nitrogens is 4. The summed E-state index contributed by atoms with van der Waals surface area (Å²) in [4.78, 5) is 4.74. The molecule has 4 aromatic heterocycles. The Morgan fingerprint density at radius 3 is 1.58 bits per heavy atom. The summed E-state index contributed by atoms with van der Waals surface area (Å²) >= 11 is 0. The van der Waals surface area contributed by atoms with Crippen LogP contribution in [0.2, 0.25) is 0 Å². The molecule has 0 aliphatic carbocycles. The molecule has 0 bridgehead atoms. The quantitative estimate of drug-likeness (QED) is 0.168. The summed E-state index contributed by atoms with van der Waals surface area (Å²) in [7, 11) is 0. The summed E-state index contributed by atoms with van der Waals surface area (Å²) in [5.41, 5.74) is 18.1. The molecule has 0 spiro atoms. The third-order valence-electron chi connectivity index (χ3n) is 13.1. The SMILES string of the molecule is Cc1cc(-c2cccc(-n3c4ccccc4c4cc(-c5ccc6oc7ccc(-n8c9ccccc9c9ccccc98)cc7c6c5)ccc43)c2)cc(C)c1-n1ccnc1-c1ccccc1. The zero-order chi connectivity index (χ0) is 42.5. The molecule has 5 nitrogen and oxygen atoms in total. The van der Waals surface area contributed by atoms with Crippen LogP contribution >= 0.6 is 0 Å². The van der Waals surface area contributed by atoms with Gasteiger partial charge in [-0.2, -0.15) is 0 Å². The lowest BCUT2D eigenvalue weighted by molar-refractivity contribution is 0.669. The van der Waals surface area contributed by atoms with Gasteiger partial charge in [0.05, 0.1) is 27.8 Å². The Balaban J connectivity index is 0.893. The molecule has 0 fully saturated rings. The number of furan rings is 1. The van der Waals surface area contributed by atoms with E-state index >= 15 is 0 Å². The Morgan fingerprint density at radius 1 is 0.375 bits per heavy atom. The molecule has 4 heterocycles. The van der Waals surface area contributed by atoms with Gasteiger partial charge < -0.3 is 13.6 Å². The normalized spacial score (nSPS) is 11.9. The first kappa shape index (κ1) is 36.3. The van der Waals surface area contributed by atoms with Crippen molar-refractivity contribution in [3.8, 4) is 50.7 Å². The van der Waals surface area contributed by atoms with Crippen molar-refractivity contribution in [1.29, 1.82) is 0 Å². The van der Waals surface area contributed by atoms with E-state index in [0.29, 0.717) is 0 Å². The lowest BCUT2D eigenvalue weighted by Crippen LogP contribution is -2.02. The van der Waals surface area contributed by atoms with Crippen molar-refractivity contribution in [2.24, 2.45) is 0 Å². The molecule has 0 aliphatic heterocycles. The fraction of sp³-hybridized carbons (Fsp3) is 0.0339. The zero-order valence-corrected chi connectivity index (χ0v) is 35.3. The standard InChI is InChI=1S/C59H40N4O/c1-37-31-43(32-38(2)58(37)61-30-29-60-59(61)39-13-4-3-5-14-39)40-15-12-16-44(33-40)62-54-22-11-8-19-48(54)49-34-41(23-26-55(49)62)42-24-27-56-50(35-42)51-36-45(25-28-57(51)64-56)63-52-20-9-6-17-46(52)47-18-7-10-21-53(47)63/h3-36H,1-2H3. The van der Waals surface area contributed by atoms with Crippen molar-refractivity contribution in [3.63, 3.8) is 0 Å². The zero-order valence-electron chi connectivity index (χ0n) is 35.3. The molecule has 0 atom stereocenters. The molecule has 9 aromatic carbocycles. The van der Waals surface area contributed by atoms with Crippen LogP contribution in [0.15, 0.2) is 211 Å². The van der Waals surface area contributed by atoms with Crippen LogP contribution in [0.4, 0.5) is 0 Å². The van der Waals surface area contributed by atoms with Gasteiger partial charge in [0.1, 0.15) is 17.0 Å². The average Bonchev–Trinajstić information content (AvgIpc) is 4.12. The predicted molar refractivity (Wildman–Crippen MR) is 265 cm³/mol. The monoisotopic (exact) mass is 820 g/mol. The van der Waals surface area contributed by atoms with Crippen molar-refractivity contribution in [3.05, 3.63) is 218 Å². The van der Waals surface area contributed by atoms with Gasteiger partial charge in [-0.25, -0.2) is 4.98 Å². The molecule has 0 saturated carbocycles. The molecule has 13 aromatic rings. The van der Waals surface area contributed by atoms with Crippen molar-refractivity contribution in [2.75, 3.05) is 0 Å². The molecule has 5 heteroatoms. The van der Waals surface area contributed by atoms with E-state index in [1.807, 2.05) is 12.3 Å². The van der Waals surface area contributed by atoms with E-state index in [1.165, 1.54) is 77.1 Å². The van der Waals surface area contributed by atoms with Gasteiger partial charge in [-0.05, 0) is 132 Å². The summed E-state index contributed by atoms with van der Waals surface area (Å²) in [6, 6.07) is 70.1. The van der Waals surface area contributed by atoms with Crippen LogP contribution in [0.3, 0.4) is 0 Å². The van der Waals surface area contributed by atoms with E-state index in [4.69, 9.17) is 9.40 Å². The highest BCUT2D eigenvalue weighted by Crippen LogP contribution is 2.40. The van der Waals surface area contributed by atoms with Crippen LogP contribution in [0, 0.1) is 13.8 Å². The maximum absolute atomic E-state index is 6.45. The average molecular weight is 821 g/mol. The Labute approximate surface area is 369 Å². The van der Waals surface area contributed by atoms with Gasteiger partial charge >= 0.3 is 0 Å². The van der Waals surface area contributed by atoms with Crippen LogP contribution < -0.4 is 0 Å². The van der Waals surface area contributed by atoms with Crippen LogP contribution in [-0.4, -0.2) is 18.7 Å². The second-order valence-electron chi connectivity index (χ2n) is 16.9. The molecule has 0 radical (unpaired) electrons. The minimum Gasteiger partial charge on any atom is -0.456 e. The number of benzene rings is 9. The second kappa shape index (κ2) is 14.1. The van der Waals surface area contributed by atoms with Gasteiger partial charge in [0.25, 0.3) is 0 Å². The largest absolute Gasteiger partial charge is 0.456 e. The van der Waals surface area contributed by atoms with Crippen molar-refractivity contribution < 1.29 is 4.42 Å². The Morgan fingerprint density at radius 2 is 0.891 bits per heavy atom. The number of rotatable bonds is 6. The van der Waals surface area contributed by atoms with Gasteiger partial charge in [0.15, 0.2) is 0 Å². The van der Waals surface area contributed by atoms with Crippen molar-refractivity contribution in [2.45, 2.75) is 13.8 Å². The maximum Gasteiger partial charge on any atom is 0.144 e. The van der Waals surface area contributed by atoms with E-state index in [2.05, 4.69) is 222 Å². The molecule has 0 unspecified atom stereocenters. The van der Waals surface area contributed by atoms with Crippen LogP contribution in [0.25, 0.3) is 116 Å². The lowest BCUT2D eigenvalue weighted by Gasteiger charge is -2.17. The first-order chi connectivity index (χ1) is 31.6. The number of hydrogen-bond acceptors (Lipinski definition) is 2. The molecular formula is C59H40N4O. The minimum absolute atomic E-state index is 0.883. The molecule has 0 aliphatic rings. The molecule has 64 heavy (non-hydrogen) atoms. The highest BCUT2D eigenvalue weighted by molar-refractivity contribution is 6.13. The number of fused-ring (bicyclic) bond motifs is 9. The third kappa shape index (κ3) is 5.54. The predicted octanol–water partition coefficient (Wildman–Crippen LogP) is 15.6. The first-order valence-corrected chi connectivity index (χ1v) is 21.9. The molecule has 13 rings (SSSR count). The van der Waals surface area contributed by atoms with Gasteiger partial charge in [0, 0.05) is 61.6 Å². The topological polar surface area (TPSA) is 40.8 Å². The summed E-state index contributed by atoms with van der Waals surface area (Å²) in [6.45, 7) is 4.40. The Kier molecular flexibility index (Phi) is 7.97. The molecular weight excluding hydrogens is 781 g/mol. The van der Waals surface area contributed by atoms with E-state index in [9.17, 15) is 0 Å². The number of aryl methyl sites for hydroxylation is 2. The number of hydrogen-bond donors (Lipinski definition) is 0. The molecule has 302 valence electrons. The van der Waals surface area contributed by atoms with Crippen LogP contribution in [0.1, 0.15) is 11.1 Å². The lowest BCUT2D eigenvalue weighted by atomic mass is 9.98. The summed E-state index contributed by atoms with van der Waals surface area (Å²) in [5.74, 6) is 0.941. The highest BCUT2D eigenvalue weighted by Gasteiger charge is 2.18. The minimum atomic E-state index is 0.883. The molecule has 0 saturated heterocycles. The maximum atomic E-state index is 6.45. The van der Waals surface area contributed by atoms with Crippen molar-refractivity contribution in [1.82, 2.24) is 18.7 Å². The number of imidazole rings is 1. The van der Waals surface area contributed by atoms with Gasteiger partial charge in [-0.1, -0.05) is 109 Å². The van der Waals surface area contributed by atoms with Crippen LogP contribution in [-0.2, 0) is 0 Å².